The second kappa shape index (κ2) is 5.22. The molecule has 0 aliphatic heterocycles. The fourth-order valence-electron chi connectivity index (χ4n) is 1.72. The van der Waals surface area contributed by atoms with Crippen LogP contribution in [-0.2, 0) is 16.4 Å². The van der Waals surface area contributed by atoms with Crippen molar-refractivity contribution in [3.63, 3.8) is 0 Å². The highest BCUT2D eigenvalue weighted by molar-refractivity contribution is 7.92. The molecule has 0 spiro atoms. The van der Waals surface area contributed by atoms with Crippen molar-refractivity contribution in [1.82, 2.24) is 10.2 Å². The first kappa shape index (κ1) is 13.9. The number of nitrogens with one attached hydrogen (secondary N) is 2. The molecule has 0 unspecified atom stereocenters. The molecule has 7 heteroatoms. The van der Waals surface area contributed by atoms with Gasteiger partial charge in [0.25, 0.3) is 10.0 Å². The smallest absolute Gasteiger partial charge is 0.263 e. The molecule has 0 aliphatic carbocycles. The Morgan fingerprint density at radius 1 is 1.42 bits per heavy atom. The topological polar surface area (TPSA) is 74.8 Å². The van der Waals surface area contributed by atoms with E-state index in [-0.39, 0.29) is 4.90 Å². The number of aromatic amines is 1. The van der Waals surface area contributed by atoms with E-state index in [1.54, 1.807) is 25.3 Å². The van der Waals surface area contributed by atoms with Crippen molar-refractivity contribution in [3.8, 4) is 0 Å². The van der Waals surface area contributed by atoms with Gasteiger partial charge >= 0.3 is 0 Å². The maximum Gasteiger partial charge on any atom is 0.263 e. The van der Waals surface area contributed by atoms with Crippen LogP contribution in [0.15, 0.2) is 29.3 Å². The Bertz CT molecular complexity index is 695. The van der Waals surface area contributed by atoms with Gasteiger partial charge in [0.2, 0.25) is 0 Å². The van der Waals surface area contributed by atoms with Crippen LogP contribution in [0.5, 0.6) is 0 Å². The number of halogens is 1. The summed E-state index contributed by atoms with van der Waals surface area (Å²) >= 11 is 5.85. The lowest BCUT2D eigenvalue weighted by Crippen LogP contribution is -2.15. The quantitative estimate of drug-likeness (QED) is 0.911. The SMILES string of the molecule is CCc1cn[nH]c1NS(=O)(=O)c1cc(Cl)ccc1C. The molecule has 0 saturated heterocycles. The van der Waals surface area contributed by atoms with Crippen LogP contribution in [0.2, 0.25) is 5.02 Å². The van der Waals surface area contributed by atoms with E-state index in [2.05, 4.69) is 14.9 Å². The van der Waals surface area contributed by atoms with Gasteiger partial charge in [0, 0.05) is 10.6 Å². The third kappa shape index (κ3) is 2.90. The van der Waals surface area contributed by atoms with E-state index < -0.39 is 10.0 Å². The van der Waals surface area contributed by atoms with Gasteiger partial charge in [0.1, 0.15) is 5.82 Å². The molecule has 0 atom stereocenters. The monoisotopic (exact) mass is 299 g/mol. The van der Waals surface area contributed by atoms with Gasteiger partial charge in [-0.15, -0.1) is 0 Å². The molecule has 0 bridgehead atoms. The Balaban J connectivity index is 2.41. The molecular weight excluding hydrogens is 286 g/mol. The number of H-pyrrole nitrogens is 1. The van der Waals surface area contributed by atoms with E-state index in [1.165, 1.54) is 6.07 Å². The van der Waals surface area contributed by atoms with Gasteiger partial charge in [0.15, 0.2) is 0 Å². The Morgan fingerprint density at radius 2 is 2.16 bits per heavy atom. The largest absolute Gasteiger partial charge is 0.263 e. The average Bonchev–Trinajstić information content (AvgIpc) is 2.78. The van der Waals surface area contributed by atoms with Crippen molar-refractivity contribution < 1.29 is 8.42 Å². The van der Waals surface area contributed by atoms with Crippen LogP contribution in [0.4, 0.5) is 5.82 Å². The lowest BCUT2D eigenvalue weighted by molar-refractivity contribution is 0.600. The highest BCUT2D eigenvalue weighted by Crippen LogP contribution is 2.23. The van der Waals surface area contributed by atoms with Gasteiger partial charge in [-0.25, -0.2) is 8.42 Å². The molecule has 2 N–H and O–H groups in total. The van der Waals surface area contributed by atoms with E-state index >= 15 is 0 Å². The van der Waals surface area contributed by atoms with Gasteiger partial charge in [0.05, 0.1) is 11.1 Å². The zero-order valence-corrected chi connectivity index (χ0v) is 12.1. The zero-order chi connectivity index (χ0) is 14.0. The third-order valence-electron chi connectivity index (χ3n) is 2.77. The highest BCUT2D eigenvalue weighted by Gasteiger charge is 2.19. The molecule has 5 nitrogen and oxygen atoms in total. The number of benzene rings is 1. The molecule has 1 heterocycles. The van der Waals surface area contributed by atoms with Crippen molar-refractivity contribution in [2.45, 2.75) is 25.2 Å². The minimum atomic E-state index is -3.67. The molecule has 0 fully saturated rings. The molecule has 102 valence electrons. The van der Waals surface area contributed by atoms with Crippen molar-refractivity contribution in [3.05, 3.63) is 40.5 Å². The average molecular weight is 300 g/mol. The summed E-state index contributed by atoms with van der Waals surface area (Å²) in [7, 11) is -3.67. The molecule has 0 radical (unpaired) electrons. The lowest BCUT2D eigenvalue weighted by Gasteiger charge is -2.10. The Kier molecular flexibility index (Phi) is 3.82. The van der Waals surface area contributed by atoms with Crippen molar-refractivity contribution in [2.75, 3.05) is 4.72 Å². The lowest BCUT2D eigenvalue weighted by atomic mass is 10.2. The molecule has 2 rings (SSSR count). The van der Waals surface area contributed by atoms with E-state index in [0.29, 0.717) is 22.8 Å². The number of rotatable bonds is 4. The number of anilines is 1. The summed E-state index contributed by atoms with van der Waals surface area (Å²) in [6.07, 6.45) is 2.28. The van der Waals surface area contributed by atoms with Crippen LogP contribution in [0.3, 0.4) is 0 Å². The molecular formula is C12H14ClN3O2S. The third-order valence-corrected chi connectivity index (χ3v) is 4.50. The van der Waals surface area contributed by atoms with E-state index in [1.807, 2.05) is 6.92 Å². The minimum Gasteiger partial charge on any atom is -0.263 e. The van der Waals surface area contributed by atoms with E-state index in [0.717, 1.165) is 5.56 Å². The number of aryl methyl sites for hydroxylation is 2. The minimum absolute atomic E-state index is 0.164. The van der Waals surface area contributed by atoms with Crippen LogP contribution < -0.4 is 4.72 Å². The van der Waals surface area contributed by atoms with Crippen LogP contribution in [0.1, 0.15) is 18.1 Å². The Labute approximate surface area is 117 Å². The van der Waals surface area contributed by atoms with Gasteiger partial charge < -0.3 is 0 Å². The summed E-state index contributed by atoms with van der Waals surface area (Å²) in [5, 5.41) is 6.86. The predicted octanol–water partition coefficient (Wildman–Crippen LogP) is 2.73. The summed E-state index contributed by atoms with van der Waals surface area (Å²) < 4.78 is 27.1. The zero-order valence-electron chi connectivity index (χ0n) is 10.6. The maximum atomic E-state index is 12.3. The fourth-order valence-corrected chi connectivity index (χ4v) is 3.29. The molecule has 0 aliphatic rings. The summed E-state index contributed by atoms with van der Waals surface area (Å²) in [6.45, 7) is 3.64. The van der Waals surface area contributed by atoms with Gasteiger partial charge in [-0.2, -0.15) is 5.10 Å². The summed E-state index contributed by atoms with van der Waals surface area (Å²) in [5.74, 6) is 0.391. The molecule has 2 aromatic rings. The van der Waals surface area contributed by atoms with E-state index in [9.17, 15) is 8.42 Å². The number of aromatic nitrogens is 2. The normalized spacial score (nSPS) is 11.5. The predicted molar refractivity (Wildman–Crippen MR) is 75.0 cm³/mol. The first-order valence-corrected chi connectivity index (χ1v) is 7.61. The Hall–Kier alpha value is -1.53. The van der Waals surface area contributed by atoms with E-state index in [4.69, 9.17) is 11.6 Å². The van der Waals surface area contributed by atoms with Crippen molar-refractivity contribution in [2.24, 2.45) is 0 Å². The van der Waals surface area contributed by atoms with Crippen LogP contribution in [0, 0.1) is 6.92 Å². The van der Waals surface area contributed by atoms with Crippen LogP contribution in [-0.4, -0.2) is 18.6 Å². The summed E-state index contributed by atoms with van der Waals surface area (Å²) in [5.41, 5.74) is 1.44. The van der Waals surface area contributed by atoms with Gasteiger partial charge in [-0.1, -0.05) is 24.6 Å². The number of hydrogen-bond acceptors (Lipinski definition) is 3. The molecule has 1 aromatic carbocycles. The first-order valence-electron chi connectivity index (χ1n) is 5.75. The molecule has 0 saturated carbocycles. The number of nitrogens with zero attached hydrogens (tertiary/aromatic N) is 1. The Morgan fingerprint density at radius 3 is 2.84 bits per heavy atom. The number of sulfonamides is 1. The second-order valence-electron chi connectivity index (χ2n) is 4.14. The van der Waals surface area contributed by atoms with Crippen LogP contribution in [0.25, 0.3) is 0 Å². The van der Waals surface area contributed by atoms with Crippen LogP contribution >= 0.6 is 11.6 Å². The van der Waals surface area contributed by atoms with Gasteiger partial charge in [-0.05, 0) is 31.0 Å². The standard InChI is InChI=1S/C12H14ClN3O2S/c1-3-9-7-14-15-12(9)16-19(17,18)11-6-10(13)5-4-8(11)2/h4-7H,3H2,1-2H3,(H2,14,15,16). The summed E-state index contributed by atoms with van der Waals surface area (Å²) in [4.78, 5) is 0.164. The maximum absolute atomic E-state index is 12.3. The fraction of sp³-hybridized carbons (Fsp3) is 0.250. The second-order valence-corrected chi connectivity index (χ2v) is 6.23. The molecule has 19 heavy (non-hydrogen) atoms. The molecule has 0 amide bonds. The summed E-state index contributed by atoms with van der Waals surface area (Å²) in [6, 6.07) is 4.76. The first-order chi connectivity index (χ1) is 8.94. The highest BCUT2D eigenvalue weighted by atomic mass is 35.5. The van der Waals surface area contributed by atoms with Gasteiger partial charge in [-0.3, -0.25) is 9.82 Å². The number of hydrogen-bond donors (Lipinski definition) is 2. The van der Waals surface area contributed by atoms with Crippen molar-refractivity contribution >= 4 is 27.4 Å². The van der Waals surface area contributed by atoms with Crippen molar-refractivity contribution in [1.29, 1.82) is 0 Å². The molecule has 1 aromatic heterocycles.